The summed E-state index contributed by atoms with van der Waals surface area (Å²) in [6.07, 6.45) is 2.10. The Morgan fingerprint density at radius 3 is 2.50 bits per heavy atom. The zero-order chi connectivity index (χ0) is 13.7. The Kier molecular flexibility index (Phi) is 6.09. The molecule has 3 unspecified atom stereocenters. The molecule has 1 amide bonds. The van der Waals surface area contributed by atoms with Crippen molar-refractivity contribution in [3.8, 4) is 0 Å². The number of hydrogen-bond donors (Lipinski definition) is 2. The van der Waals surface area contributed by atoms with Crippen molar-refractivity contribution in [3.05, 3.63) is 0 Å². The standard InChI is InChI=1S/C14H29N3O/c1-10(2)13(9-17(4)5)16-14(18)12-7-6-11(3)15-8-12/h10-13,15H,6-9H2,1-5H3,(H,16,18). The summed E-state index contributed by atoms with van der Waals surface area (Å²) in [4.78, 5) is 14.4. The number of nitrogens with zero attached hydrogens (tertiary/aromatic N) is 1. The van der Waals surface area contributed by atoms with Crippen molar-refractivity contribution in [1.29, 1.82) is 0 Å². The lowest BCUT2D eigenvalue weighted by molar-refractivity contribution is -0.126. The largest absolute Gasteiger partial charge is 0.352 e. The van der Waals surface area contributed by atoms with Gasteiger partial charge in [0.15, 0.2) is 0 Å². The Balaban J connectivity index is 2.45. The first kappa shape index (κ1) is 15.4. The van der Waals surface area contributed by atoms with Crippen molar-refractivity contribution in [2.75, 3.05) is 27.2 Å². The first-order chi connectivity index (χ1) is 8.40. The second-order valence-electron chi connectivity index (χ2n) is 6.20. The Labute approximate surface area is 111 Å². The molecule has 0 aromatic carbocycles. The molecule has 0 aromatic rings. The molecule has 1 fully saturated rings. The third-order valence-electron chi connectivity index (χ3n) is 3.73. The number of rotatable bonds is 5. The molecule has 1 heterocycles. The van der Waals surface area contributed by atoms with Gasteiger partial charge in [0.2, 0.25) is 5.91 Å². The Bertz CT molecular complexity index is 258. The van der Waals surface area contributed by atoms with Gasteiger partial charge in [-0.05, 0) is 39.8 Å². The first-order valence-corrected chi connectivity index (χ1v) is 7.08. The molecule has 0 bridgehead atoms. The summed E-state index contributed by atoms with van der Waals surface area (Å²) in [7, 11) is 4.09. The summed E-state index contributed by atoms with van der Waals surface area (Å²) in [6.45, 7) is 8.22. The van der Waals surface area contributed by atoms with Gasteiger partial charge in [0.05, 0.1) is 5.92 Å². The lowest BCUT2D eigenvalue weighted by Crippen LogP contribution is -2.50. The average Bonchev–Trinajstić information content (AvgIpc) is 2.28. The van der Waals surface area contributed by atoms with Crippen LogP contribution in [-0.4, -0.2) is 50.1 Å². The fraction of sp³-hybridized carbons (Fsp3) is 0.929. The number of piperidine rings is 1. The second kappa shape index (κ2) is 7.10. The van der Waals surface area contributed by atoms with E-state index in [0.717, 1.165) is 25.9 Å². The number of carbonyl (C=O) groups excluding carboxylic acids is 1. The third-order valence-corrected chi connectivity index (χ3v) is 3.73. The summed E-state index contributed by atoms with van der Waals surface area (Å²) in [5.41, 5.74) is 0. The molecule has 106 valence electrons. The zero-order valence-electron chi connectivity index (χ0n) is 12.5. The van der Waals surface area contributed by atoms with E-state index in [2.05, 4.69) is 36.3 Å². The number of nitrogens with one attached hydrogen (secondary N) is 2. The quantitative estimate of drug-likeness (QED) is 0.772. The molecule has 1 aliphatic rings. The smallest absolute Gasteiger partial charge is 0.224 e. The predicted molar refractivity (Wildman–Crippen MR) is 75.5 cm³/mol. The van der Waals surface area contributed by atoms with Gasteiger partial charge in [-0.1, -0.05) is 13.8 Å². The van der Waals surface area contributed by atoms with Gasteiger partial charge in [0.25, 0.3) is 0 Å². The highest BCUT2D eigenvalue weighted by Crippen LogP contribution is 2.15. The van der Waals surface area contributed by atoms with E-state index in [1.165, 1.54) is 0 Å². The molecule has 0 radical (unpaired) electrons. The van der Waals surface area contributed by atoms with E-state index < -0.39 is 0 Å². The summed E-state index contributed by atoms with van der Waals surface area (Å²) in [5, 5.41) is 6.60. The van der Waals surface area contributed by atoms with E-state index in [1.807, 2.05) is 14.1 Å². The van der Waals surface area contributed by atoms with Gasteiger partial charge in [0, 0.05) is 25.2 Å². The summed E-state index contributed by atoms with van der Waals surface area (Å²) in [5.74, 6) is 0.825. The first-order valence-electron chi connectivity index (χ1n) is 7.08. The topological polar surface area (TPSA) is 44.4 Å². The molecule has 3 atom stereocenters. The van der Waals surface area contributed by atoms with Gasteiger partial charge in [-0.2, -0.15) is 0 Å². The number of amides is 1. The predicted octanol–water partition coefficient (Wildman–Crippen LogP) is 1.08. The van der Waals surface area contributed by atoms with Crippen LogP contribution in [0.3, 0.4) is 0 Å². The molecular weight excluding hydrogens is 226 g/mol. The highest BCUT2D eigenvalue weighted by Gasteiger charge is 2.26. The van der Waals surface area contributed by atoms with Crippen LogP contribution >= 0.6 is 0 Å². The van der Waals surface area contributed by atoms with E-state index >= 15 is 0 Å². The van der Waals surface area contributed by atoms with Crippen LogP contribution in [0.25, 0.3) is 0 Å². The van der Waals surface area contributed by atoms with Crippen molar-refractivity contribution >= 4 is 5.91 Å². The van der Waals surface area contributed by atoms with Crippen molar-refractivity contribution < 1.29 is 4.79 Å². The second-order valence-corrected chi connectivity index (χ2v) is 6.20. The molecular formula is C14H29N3O. The molecule has 0 spiro atoms. The highest BCUT2D eigenvalue weighted by atomic mass is 16.2. The molecule has 0 aromatic heterocycles. The summed E-state index contributed by atoms with van der Waals surface area (Å²) >= 11 is 0. The fourth-order valence-corrected chi connectivity index (χ4v) is 2.34. The van der Waals surface area contributed by atoms with Gasteiger partial charge in [-0.15, -0.1) is 0 Å². The van der Waals surface area contributed by atoms with Crippen molar-refractivity contribution in [3.63, 3.8) is 0 Å². The number of hydrogen-bond acceptors (Lipinski definition) is 3. The molecule has 4 heteroatoms. The van der Waals surface area contributed by atoms with E-state index in [9.17, 15) is 4.79 Å². The average molecular weight is 255 g/mol. The molecule has 1 rings (SSSR count). The van der Waals surface area contributed by atoms with Crippen molar-refractivity contribution in [2.24, 2.45) is 11.8 Å². The maximum Gasteiger partial charge on any atom is 0.224 e. The Hall–Kier alpha value is -0.610. The van der Waals surface area contributed by atoms with Crippen LogP contribution in [0.15, 0.2) is 0 Å². The lowest BCUT2D eigenvalue weighted by Gasteiger charge is -2.31. The molecule has 0 saturated carbocycles. The van der Waals surface area contributed by atoms with Gasteiger partial charge < -0.3 is 15.5 Å². The summed E-state index contributed by atoms with van der Waals surface area (Å²) in [6, 6.07) is 0.795. The molecule has 4 nitrogen and oxygen atoms in total. The van der Waals surface area contributed by atoms with E-state index in [1.54, 1.807) is 0 Å². The van der Waals surface area contributed by atoms with Crippen LogP contribution in [0.1, 0.15) is 33.6 Å². The minimum atomic E-state index is 0.143. The van der Waals surface area contributed by atoms with Gasteiger partial charge in [-0.3, -0.25) is 4.79 Å². The maximum absolute atomic E-state index is 12.2. The van der Waals surface area contributed by atoms with Crippen LogP contribution in [-0.2, 0) is 4.79 Å². The van der Waals surface area contributed by atoms with Gasteiger partial charge in [0.1, 0.15) is 0 Å². The van der Waals surface area contributed by atoms with Crippen LogP contribution in [0, 0.1) is 11.8 Å². The van der Waals surface area contributed by atoms with Crippen LogP contribution < -0.4 is 10.6 Å². The van der Waals surface area contributed by atoms with E-state index in [4.69, 9.17) is 0 Å². The van der Waals surface area contributed by atoms with Crippen molar-refractivity contribution in [1.82, 2.24) is 15.5 Å². The van der Waals surface area contributed by atoms with E-state index in [0.29, 0.717) is 12.0 Å². The van der Waals surface area contributed by atoms with E-state index in [-0.39, 0.29) is 17.9 Å². The van der Waals surface area contributed by atoms with Crippen LogP contribution in [0.4, 0.5) is 0 Å². The lowest BCUT2D eigenvalue weighted by atomic mass is 9.93. The number of likely N-dealkylation sites (N-methyl/N-ethyl adjacent to an activating group) is 1. The Morgan fingerprint density at radius 2 is 2.06 bits per heavy atom. The van der Waals surface area contributed by atoms with Crippen LogP contribution in [0.5, 0.6) is 0 Å². The Morgan fingerprint density at radius 1 is 1.39 bits per heavy atom. The molecule has 1 saturated heterocycles. The SMILES string of the molecule is CC1CCC(C(=O)NC(CN(C)C)C(C)C)CN1. The highest BCUT2D eigenvalue weighted by molar-refractivity contribution is 5.79. The van der Waals surface area contributed by atoms with Crippen molar-refractivity contribution in [2.45, 2.75) is 45.7 Å². The maximum atomic E-state index is 12.2. The van der Waals surface area contributed by atoms with Crippen LogP contribution in [0.2, 0.25) is 0 Å². The third kappa shape index (κ3) is 4.94. The minimum Gasteiger partial charge on any atom is -0.352 e. The zero-order valence-corrected chi connectivity index (χ0v) is 12.5. The fourth-order valence-electron chi connectivity index (χ4n) is 2.34. The van der Waals surface area contributed by atoms with Gasteiger partial charge in [-0.25, -0.2) is 0 Å². The van der Waals surface area contributed by atoms with Gasteiger partial charge >= 0.3 is 0 Å². The molecule has 18 heavy (non-hydrogen) atoms. The number of carbonyl (C=O) groups is 1. The molecule has 0 aliphatic carbocycles. The monoisotopic (exact) mass is 255 g/mol. The minimum absolute atomic E-state index is 0.143. The summed E-state index contributed by atoms with van der Waals surface area (Å²) < 4.78 is 0. The molecule has 2 N–H and O–H groups in total. The normalized spacial score (nSPS) is 26.4. The molecule has 1 aliphatic heterocycles.